The number of methoxy groups -OCH3 is 1. The number of nitrogens with two attached hydrogens (primary N) is 1. The van der Waals surface area contributed by atoms with Crippen molar-refractivity contribution in [1.82, 2.24) is 24.7 Å². The monoisotopic (exact) mass is 428 g/mol. The van der Waals surface area contributed by atoms with Crippen molar-refractivity contribution in [3.05, 3.63) is 36.7 Å². The molecule has 0 radical (unpaired) electrons. The van der Waals surface area contributed by atoms with Gasteiger partial charge in [-0.25, -0.2) is 15.0 Å². The van der Waals surface area contributed by atoms with Crippen LogP contribution in [0.1, 0.15) is 5.82 Å². The molecule has 0 aromatic carbocycles. The summed E-state index contributed by atoms with van der Waals surface area (Å²) in [7, 11) is 3.45. The van der Waals surface area contributed by atoms with Gasteiger partial charge >= 0.3 is 0 Å². The van der Waals surface area contributed by atoms with Crippen LogP contribution < -0.4 is 5.73 Å². The first kappa shape index (κ1) is 19.8. The van der Waals surface area contributed by atoms with Gasteiger partial charge in [0, 0.05) is 60.4 Å². The van der Waals surface area contributed by atoms with Crippen LogP contribution in [0, 0.1) is 6.92 Å². The Labute approximate surface area is 175 Å². The summed E-state index contributed by atoms with van der Waals surface area (Å²) in [5.74, 6) is 1.08. The average Bonchev–Trinajstić information content (AvgIpc) is 3.29. The number of pyridine rings is 1. The van der Waals surface area contributed by atoms with E-state index in [1.165, 1.54) is 11.3 Å². The first-order chi connectivity index (χ1) is 14.0. The summed E-state index contributed by atoms with van der Waals surface area (Å²) < 4.78 is 20.1. The van der Waals surface area contributed by atoms with Crippen LogP contribution in [0.2, 0.25) is 0 Å². The van der Waals surface area contributed by atoms with Gasteiger partial charge in [-0.05, 0) is 18.6 Å². The Bertz CT molecular complexity index is 1160. The second-order valence-corrected chi connectivity index (χ2v) is 9.27. The summed E-state index contributed by atoms with van der Waals surface area (Å²) in [5, 5.41) is 5.08. The van der Waals surface area contributed by atoms with Gasteiger partial charge in [0.1, 0.15) is 22.1 Å². The number of anilines is 1. The molecule has 29 heavy (non-hydrogen) atoms. The average molecular weight is 429 g/mol. The molecule has 4 aromatic rings. The number of ether oxygens (including phenoxy) is 1. The lowest BCUT2D eigenvalue weighted by Gasteiger charge is -2.08. The molecule has 8 nitrogen and oxygen atoms in total. The van der Waals surface area contributed by atoms with Gasteiger partial charge in [0.15, 0.2) is 0 Å². The van der Waals surface area contributed by atoms with E-state index >= 15 is 0 Å². The van der Waals surface area contributed by atoms with Gasteiger partial charge in [-0.15, -0.1) is 0 Å². The number of hydrogen-bond donors (Lipinski definition) is 1. The molecule has 0 aliphatic rings. The molecule has 0 spiro atoms. The standard InChI is InChI=1S/C19H20N6O2S2/c1-11-21-7-12(8-22-11)15-6-14(13-9-23-25(2)10-13)16-17(20)19(28-18(16)24-15)29(26)5-4-27-3/h6-10H,4-5,20H2,1-3H3. The van der Waals surface area contributed by atoms with Crippen molar-refractivity contribution < 1.29 is 9.29 Å². The lowest BCUT2D eigenvalue weighted by atomic mass is 10.0. The lowest BCUT2D eigenvalue weighted by molar-refractivity contribution is 0.217. The molecule has 4 rings (SSSR count). The largest absolute Gasteiger partial charge is 0.611 e. The van der Waals surface area contributed by atoms with Crippen molar-refractivity contribution in [1.29, 1.82) is 0 Å². The number of nitrogen functional groups attached to an aromatic ring is 1. The molecule has 0 aliphatic heterocycles. The van der Waals surface area contributed by atoms with Gasteiger partial charge < -0.3 is 15.0 Å². The summed E-state index contributed by atoms with van der Waals surface area (Å²) in [6.45, 7) is 2.23. The fourth-order valence-corrected chi connectivity index (χ4v) is 5.55. The van der Waals surface area contributed by atoms with E-state index in [-0.39, 0.29) is 0 Å². The fourth-order valence-electron chi connectivity index (χ4n) is 2.98. The topological polar surface area (TPSA) is 115 Å². The number of aromatic nitrogens is 5. The first-order valence-electron chi connectivity index (χ1n) is 8.86. The first-order valence-corrected chi connectivity index (χ1v) is 11.0. The van der Waals surface area contributed by atoms with Gasteiger partial charge in [-0.2, -0.15) is 5.10 Å². The molecule has 4 heterocycles. The van der Waals surface area contributed by atoms with E-state index < -0.39 is 11.2 Å². The van der Waals surface area contributed by atoms with E-state index in [1.54, 1.807) is 30.4 Å². The molecule has 0 bridgehead atoms. The summed E-state index contributed by atoms with van der Waals surface area (Å²) in [5.41, 5.74) is 10.3. The SMILES string of the molecule is COCC[S+]([O-])c1sc2nc(-c3cnc(C)nc3)cc(-c3cnn(C)c3)c2c1N. The second kappa shape index (κ2) is 8.07. The normalized spacial score (nSPS) is 12.6. The zero-order chi connectivity index (χ0) is 20.5. The highest BCUT2D eigenvalue weighted by atomic mass is 32.2. The zero-order valence-corrected chi connectivity index (χ0v) is 17.9. The fraction of sp³-hybridized carbons (Fsp3) is 0.263. The Morgan fingerprint density at radius 2 is 2.00 bits per heavy atom. The number of nitrogens with zero attached hydrogens (tertiary/aromatic N) is 5. The predicted octanol–water partition coefficient (Wildman–Crippen LogP) is 2.80. The molecular formula is C19H20N6O2S2. The molecule has 0 amide bonds. The summed E-state index contributed by atoms with van der Waals surface area (Å²) >= 11 is 0.0920. The Balaban J connectivity index is 1.92. The van der Waals surface area contributed by atoms with E-state index in [0.29, 0.717) is 28.1 Å². The molecule has 150 valence electrons. The van der Waals surface area contributed by atoms with Crippen molar-refractivity contribution in [3.63, 3.8) is 0 Å². The van der Waals surface area contributed by atoms with Crippen molar-refractivity contribution in [2.45, 2.75) is 11.1 Å². The van der Waals surface area contributed by atoms with Crippen molar-refractivity contribution in [3.8, 4) is 22.4 Å². The van der Waals surface area contributed by atoms with E-state index in [4.69, 9.17) is 15.5 Å². The molecular weight excluding hydrogens is 408 g/mol. The van der Waals surface area contributed by atoms with Gasteiger partial charge in [0.05, 0.1) is 18.5 Å². The van der Waals surface area contributed by atoms with Crippen LogP contribution in [0.15, 0.2) is 35.1 Å². The number of aryl methyl sites for hydroxylation is 2. The quantitative estimate of drug-likeness (QED) is 0.470. The highest BCUT2D eigenvalue weighted by molar-refractivity contribution is 7.93. The molecule has 4 aromatic heterocycles. The van der Waals surface area contributed by atoms with Crippen LogP contribution in [-0.4, -0.2) is 48.8 Å². The number of rotatable bonds is 6. The van der Waals surface area contributed by atoms with Gasteiger partial charge in [-0.1, -0.05) is 11.3 Å². The number of fused-ring (bicyclic) bond motifs is 1. The molecule has 0 aliphatic carbocycles. The van der Waals surface area contributed by atoms with Crippen LogP contribution in [0.3, 0.4) is 0 Å². The molecule has 0 fully saturated rings. The Kier molecular flexibility index (Phi) is 5.50. The van der Waals surface area contributed by atoms with Gasteiger partial charge in [-0.3, -0.25) is 4.68 Å². The van der Waals surface area contributed by atoms with Crippen LogP contribution in [-0.2, 0) is 23.0 Å². The highest BCUT2D eigenvalue weighted by Gasteiger charge is 2.25. The maximum absolute atomic E-state index is 12.7. The minimum atomic E-state index is -1.26. The zero-order valence-electron chi connectivity index (χ0n) is 16.2. The third kappa shape index (κ3) is 3.84. The molecule has 1 unspecified atom stereocenters. The second-order valence-electron chi connectivity index (χ2n) is 6.50. The molecule has 10 heteroatoms. The van der Waals surface area contributed by atoms with Crippen LogP contribution in [0.5, 0.6) is 0 Å². The minimum Gasteiger partial charge on any atom is -0.611 e. The highest BCUT2D eigenvalue weighted by Crippen LogP contribution is 2.43. The maximum atomic E-state index is 12.7. The Hall–Kier alpha value is -2.53. The molecule has 0 saturated carbocycles. The third-order valence-corrected chi connectivity index (χ3v) is 7.31. The maximum Gasteiger partial charge on any atom is 0.232 e. The van der Waals surface area contributed by atoms with Gasteiger partial charge in [0.2, 0.25) is 4.21 Å². The molecule has 2 N–H and O–H groups in total. The van der Waals surface area contributed by atoms with E-state index in [0.717, 1.165) is 32.6 Å². The summed E-state index contributed by atoms with van der Waals surface area (Å²) in [4.78, 5) is 14.1. The van der Waals surface area contributed by atoms with E-state index in [1.807, 2.05) is 26.2 Å². The van der Waals surface area contributed by atoms with Crippen LogP contribution >= 0.6 is 11.3 Å². The molecule has 0 saturated heterocycles. The molecule has 1 atom stereocenters. The van der Waals surface area contributed by atoms with Crippen LogP contribution in [0.25, 0.3) is 32.6 Å². The number of hydrogen-bond acceptors (Lipinski definition) is 8. The minimum absolute atomic E-state index is 0.383. The van der Waals surface area contributed by atoms with Crippen molar-refractivity contribution in [2.24, 2.45) is 7.05 Å². The van der Waals surface area contributed by atoms with E-state index in [2.05, 4.69) is 15.1 Å². The Morgan fingerprint density at radius 1 is 1.24 bits per heavy atom. The smallest absolute Gasteiger partial charge is 0.232 e. The van der Waals surface area contributed by atoms with Crippen LogP contribution in [0.4, 0.5) is 5.69 Å². The van der Waals surface area contributed by atoms with E-state index in [9.17, 15) is 4.55 Å². The Morgan fingerprint density at radius 3 is 2.66 bits per heavy atom. The summed E-state index contributed by atoms with van der Waals surface area (Å²) in [6.07, 6.45) is 7.20. The number of thiophene rings is 1. The van der Waals surface area contributed by atoms with Gasteiger partial charge in [0.25, 0.3) is 0 Å². The predicted molar refractivity (Wildman–Crippen MR) is 115 cm³/mol. The lowest BCUT2D eigenvalue weighted by Crippen LogP contribution is -2.11. The third-order valence-electron chi connectivity index (χ3n) is 4.44. The summed E-state index contributed by atoms with van der Waals surface area (Å²) in [6, 6.07) is 1.96. The van der Waals surface area contributed by atoms with Crippen molar-refractivity contribution >= 4 is 38.4 Å². The van der Waals surface area contributed by atoms with Crippen molar-refractivity contribution in [2.75, 3.05) is 25.2 Å².